The van der Waals surface area contributed by atoms with E-state index in [0.29, 0.717) is 13.0 Å². The number of rotatable bonds is 3. The fourth-order valence-electron chi connectivity index (χ4n) is 3.48. The number of piperidine rings is 1. The molecule has 112 valence electrons. The molecule has 1 heterocycles. The average Bonchev–Trinajstić information content (AvgIpc) is 3.27. The minimum Gasteiger partial charge on any atom is -0.480 e. The van der Waals surface area contributed by atoms with Crippen molar-refractivity contribution in [2.45, 2.75) is 44.6 Å². The lowest BCUT2D eigenvalue weighted by atomic mass is 10.00. The van der Waals surface area contributed by atoms with E-state index in [0.717, 1.165) is 19.3 Å². The van der Waals surface area contributed by atoms with Crippen LogP contribution >= 0.6 is 0 Å². The largest absolute Gasteiger partial charge is 0.480 e. The van der Waals surface area contributed by atoms with Gasteiger partial charge in [0, 0.05) is 12.5 Å². The van der Waals surface area contributed by atoms with Gasteiger partial charge in [0.25, 0.3) is 0 Å². The van der Waals surface area contributed by atoms with Crippen molar-refractivity contribution in [3.8, 4) is 0 Å². The van der Waals surface area contributed by atoms with Crippen molar-refractivity contribution in [2.24, 2.45) is 5.92 Å². The molecule has 1 saturated carbocycles. The van der Waals surface area contributed by atoms with E-state index in [9.17, 15) is 14.7 Å². The number of aliphatic carboxylic acids is 1. The van der Waals surface area contributed by atoms with E-state index >= 15 is 0 Å². The molecule has 1 amide bonds. The van der Waals surface area contributed by atoms with Crippen molar-refractivity contribution in [2.75, 3.05) is 6.54 Å². The van der Waals surface area contributed by atoms with Crippen LogP contribution in [0.15, 0.2) is 24.3 Å². The summed E-state index contributed by atoms with van der Waals surface area (Å²) in [7, 11) is 0. The van der Waals surface area contributed by atoms with Crippen LogP contribution in [0.25, 0.3) is 0 Å². The summed E-state index contributed by atoms with van der Waals surface area (Å²) in [6.07, 6.45) is 3.25. The van der Waals surface area contributed by atoms with Gasteiger partial charge in [-0.05, 0) is 49.7 Å². The minimum absolute atomic E-state index is 0.0222. The van der Waals surface area contributed by atoms with Crippen LogP contribution in [-0.4, -0.2) is 34.5 Å². The second kappa shape index (κ2) is 5.51. The van der Waals surface area contributed by atoms with E-state index in [1.165, 1.54) is 11.1 Å². The topological polar surface area (TPSA) is 57.6 Å². The predicted molar refractivity (Wildman–Crippen MR) is 79.0 cm³/mol. The molecule has 1 saturated heterocycles. The molecule has 4 heteroatoms. The summed E-state index contributed by atoms with van der Waals surface area (Å²) in [5.74, 6) is -0.576. The zero-order valence-electron chi connectivity index (χ0n) is 12.3. The molecule has 1 aromatic carbocycles. The standard InChI is InChI=1S/C17H21NO3/c1-11-6-2-3-7-12(11)13-10-14(13)16(19)18-9-5-4-8-15(18)17(20)21/h2-3,6-7,13-15H,4-5,8-10H2,1H3,(H,20,21)/t13?,14?,15-/m1/s1. The number of nitrogens with zero attached hydrogens (tertiary/aromatic N) is 1. The summed E-state index contributed by atoms with van der Waals surface area (Å²) in [6.45, 7) is 2.66. The summed E-state index contributed by atoms with van der Waals surface area (Å²) < 4.78 is 0. The Morgan fingerprint density at radius 2 is 2.00 bits per heavy atom. The maximum atomic E-state index is 12.6. The summed E-state index contributed by atoms with van der Waals surface area (Å²) in [6, 6.07) is 7.53. The number of aryl methyl sites for hydroxylation is 1. The first kappa shape index (κ1) is 14.1. The Kier molecular flexibility index (Phi) is 3.70. The Labute approximate surface area is 124 Å². The van der Waals surface area contributed by atoms with Gasteiger partial charge in [-0.25, -0.2) is 4.79 Å². The van der Waals surface area contributed by atoms with Gasteiger partial charge in [0.05, 0.1) is 0 Å². The van der Waals surface area contributed by atoms with Gasteiger partial charge >= 0.3 is 5.97 Å². The van der Waals surface area contributed by atoms with Gasteiger partial charge in [0.2, 0.25) is 5.91 Å². The number of hydrogen-bond acceptors (Lipinski definition) is 2. The molecule has 4 nitrogen and oxygen atoms in total. The summed E-state index contributed by atoms with van der Waals surface area (Å²) in [5.41, 5.74) is 2.45. The van der Waals surface area contributed by atoms with Crippen molar-refractivity contribution in [1.82, 2.24) is 4.90 Å². The van der Waals surface area contributed by atoms with Crippen molar-refractivity contribution < 1.29 is 14.7 Å². The highest BCUT2D eigenvalue weighted by Crippen LogP contribution is 2.49. The molecule has 21 heavy (non-hydrogen) atoms. The first-order chi connectivity index (χ1) is 10.1. The molecule has 2 unspecified atom stereocenters. The zero-order valence-corrected chi connectivity index (χ0v) is 12.3. The second-order valence-electron chi connectivity index (χ2n) is 6.19. The minimum atomic E-state index is -0.865. The molecule has 0 bridgehead atoms. The van der Waals surface area contributed by atoms with E-state index in [2.05, 4.69) is 19.1 Å². The highest BCUT2D eigenvalue weighted by Gasteiger charge is 2.48. The Balaban J connectivity index is 1.72. The third-order valence-corrected chi connectivity index (χ3v) is 4.77. The van der Waals surface area contributed by atoms with Crippen molar-refractivity contribution in [3.05, 3.63) is 35.4 Å². The molecule has 0 aromatic heterocycles. The summed E-state index contributed by atoms with van der Waals surface area (Å²) in [4.78, 5) is 25.6. The lowest BCUT2D eigenvalue weighted by Gasteiger charge is -2.33. The van der Waals surface area contributed by atoms with Crippen LogP contribution in [0, 0.1) is 12.8 Å². The average molecular weight is 287 g/mol. The summed E-state index contributed by atoms with van der Waals surface area (Å²) >= 11 is 0. The number of hydrogen-bond donors (Lipinski definition) is 1. The van der Waals surface area contributed by atoms with Crippen molar-refractivity contribution >= 4 is 11.9 Å². The van der Waals surface area contributed by atoms with E-state index in [4.69, 9.17) is 0 Å². The van der Waals surface area contributed by atoms with Crippen molar-refractivity contribution in [3.63, 3.8) is 0 Å². The molecule has 1 aliphatic heterocycles. The monoisotopic (exact) mass is 287 g/mol. The van der Waals surface area contributed by atoms with Gasteiger partial charge in [-0.1, -0.05) is 24.3 Å². The van der Waals surface area contributed by atoms with Crippen LogP contribution < -0.4 is 0 Å². The molecule has 2 fully saturated rings. The first-order valence-electron chi connectivity index (χ1n) is 7.68. The molecular formula is C17H21NO3. The van der Waals surface area contributed by atoms with E-state index in [-0.39, 0.29) is 17.7 Å². The van der Waals surface area contributed by atoms with E-state index in [1.807, 2.05) is 12.1 Å². The highest BCUT2D eigenvalue weighted by atomic mass is 16.4. The van der Waals surface area contributed by atoms with Gasteiger partial charge in [0.15, 0.2) is 0 Å². The zero-order chi connectivity index (χ0) is 15.0. The maximum absolute atomic E-state index is 12.6. The van der Waals surface area contributed by atoms with E-state index in [1.54, 1.807) is 4.90 Å². The van der Waals surface area contributed by atoms with Gasteiger partial charge in [-0.2, -0.15) is 0 Å². The quantitative estimate of drug-likeness (QED) is 0.929. The van der Waals surface area contributed by atoms with Gasteiger partial charge < -0.3 is 10.0 Å². The third kappa shape index (κ3) is 2.67. The van der Waals surface area contributed by atoms with Gasteiger partial charge in [0.1, 0.15) is 6.04 Å². The lowest BCUT2D eigenvalue weighted by molar-refractivity contribution is -0.152. The molecule has 0 radical (unpaired) electrons. The SMILES string of the molecule is Cc1ccccc1C1CC1C(=O)N1CCCC[C@@H]1C(=O)O. The number of carboxylic acid groups (broad SMARTS) is 1. The van der Waals surface area contributed by atoms with Crippen LogP contribution in [0.5, 0.6) is 0 Å². The number of carbonyl (C=O) groups excluding carboxylic acids is 1. The Morgan fingerprint density at radius 3 is 2.71 bits per heavy atom. The number of benzene rings is 1. The van der Waals surface area contributed by atoms with Crippen LogP contribution in [0.3, 0.4) is 0 Å². The maximum Gasteiger partial charge on any atom is 0.326 e. The fraction of sp³-hybridized carbons (Fsp3) is 0.529. The number of amides is 1. The van der Waals surface area contributed by atoms with Gasteiger partial charge in [-0.3, -0.25) is 4.79 Å². The predicted octanol–water partition coefficient (Wildman–Crippen LogP) is 2.56. The van der Waals surface area contributed by atoms with Crippen LogP contribution in [0.2, 0.25) is 0 Å². The Bertz CT molecular complexity index is 569. The molecule has 2 aliphatic rings. The number of likely N-dealkylation sites (tertiary alicyclic amines) is 1. The fourth-order valence-corrected chi connectivity index (χ4v) is 3.48. The Hall–Kier alpha value is -1.84. The first-order valence-corrected chi connectivity index (χ1v) is 7.68. The highest BCUT2D eigenvalue weighted by molar-refractivity contribution is 5.88. The normalized spacial score (nSPS) is 28.2. The molecule has 1 aliphatic carbocycles. The molecule has 3 atom stereocenters. The molecule has 1 N–H and O–H groups in total. The van der Waals surface area contributed by atoms with E-state index < -0.39 is 12.0 Å². The molecule has 3 rings (SSSR count). The van der Waals surface area contributed by atoms with Crippen LogP contribution in [0.1, 0.15) is 42.7 Å². The number of carboxylic acids is 1. The smallest absolute Gasteiger partial charge is 0.326 e. The van der Waals surface area contributed by atoms with Crippen LogP contribution in [-0.2, 0) is 9.59 Å². The van der Waals surface area contributed by atoms with Crippen LogP contribution in [0.4, 0.5) is 0 Å². The molecule has 0 spiro atoms. The summed E-state index contributed by atoms with van der Waals surface area (Å²) in [5, 5.41) is 9.29. The molecular weight excluding hydrogens is 266 g/mol. The van der Waals surface area contributed by atoms with Gasteiger partial charge in [-0.15, -0.1) is 0 Å². The van der Waals surface area contributed by atoms with Crippen molar-refractivity contribution in [1.29, 1.82) is 0 Å². The Morgan fingerprint density at radius 1 is 1.24 bits per heavy atom. The molecule has 1 aromatic rings. The third-order valence-electron chi connectivity index (χ3n) is 4.77. The number of carbonyl (C=O) groups is 2. The lowest BCUT2D eigenvalue weighted by Crippen LogP contribution is -2.48. The second-order valence-corrected chi connectivity index (χ2v) is 6.19.